The van der Waals surface area contributed by atoms with Crippen LogP contribution >= 0.6 is 0 Å². The average Bonchev–Trinajstić information content (AvgIpc) is 3.35. The van der Waals surface area contributed by atoms with Gasteiger partial charge in [0.15, 0.2) is 11.5 Å². The van der Waals surface area contributed by atoms with Crippen LogP contribution in [0.2, 0.25) is 0 Å². The van der Waals surface area contributed by atoms with Gasteiger partial charge in [-0.1, -0.05) is 12.1 Å². The molecule has 31 heavy (non-hydrogen) atoms. The van der Waals surface area contributed by atoms with Crippen LogP contribution in [-0.2, 0) is 4.79 Å². The van der Waals surface area contributed by atoms with Crippen molar-refractivity contribution in [1.29, 1.82) is 0 Å². The van der Waals surface area contributed by atoms with Gasteiger partial charge in [0, 0.05) is 30.8 Å². The lowest BCUT2D eigenvalue weighted by molar-refractivity contribution is -0.121. The Balaban J connectivity index is 1.11. The highest BCUT2D eigenvalue weighted by Gasteiger charge is 2.35. The quantitative estimate of drug-likeness (QED) is 0.746. The van der Waals surface area contributed by atoms with Gasteiger partial charge in [0.1, 0.15) is 0 Å². The number of carbonyl (C=O) groups excluding carboxylic acids is 3. The number of nitrogens with zero attached hydrogens (tertiary/aromatic N) is 2. The monoisotopic (exact) mass is 421 g/mol. The molecule has 3 aliphatic rings. The molecule has 0 spiro atoms. The number of ether oxygens (including phenoxy) is 2. The van der Waals surface area contributed by atoms with Crippen molar-refractivity contribution >= 4 is 23.4 Å². The van der Waals surface area contributed by atoms with Crippen LogP contribution in [0, 0.1) is 5.92 Å². The number of nitrogens with one attached hydrogen (secondary N) is 1. The molecule has 2 aromatic carbocycles. The van der Waals surface area contributed by atoms with E-state index in [4.69, 9.17) is 9.47 Å². The second kappa shape index (κ2) is 8.03. The molecular formula is C23H23N3O5. The highest BCUT2D eigenvalue weighted by atomic mass is 16.7. The fourth-order valence-corrected chi connectivity index (χ4v) is 4.32. The standard InChI is InChI=1S/C23H23N3O5/c27-21(24-16-5-6-19-20(13-16)31-14-30-19)15-7-9-25(10-8-15)11-12-26-22(28)17-3-1-2-4-18(17)23(26)29/h1-6,13,15H,7-12,14H2,(H,24,27). The summed E-state index contributed by atoms with van der Waals surface area (Å²) in [5.41, 5.74) is 1.65. The molecule has 0 radical (unpaired) electrons. The van der Waals surface area contributed by atoms with Crippen LogP contribution < -0.4 is 14.8 Å². The molecule has 0 bridgehead atoms. The predicted octanol–water partition coefficient (Wildman–Crippen LogP) is 2.36. The number of amides is 3. The maximum atomic E-state index is 12.7. The fourth-order valence-electron chi connectivity index (χ4n) is 4.32. The highest BCUT2D eigenvalue weighted by molar-refractivity contribution is 6.21. The van der Waals surface area contributed by atoms with Gasteiger partial charge in [0.25, 0.3) is 11.8 Å². The largest absolute Gasteiger partial charge is 0.454 e. The van der Waals surface area contributed by atoms with E-state index in [0.717, 1.165) is 25.9 Å². The zero-order valence-electron chi connectivity index (χ0n) is 17.0. The summed E-state index contributed by atoms with van der Waals surface area (Å²) in [5.74, 6) is 0.808. The maximum Gasteiger partial charge on any atom is 0.261 e. The Morgan fingerprint density at radius 1 is 0.935 bits per heavy atom. The van der Waals surface area contributed by atoms with Crippen LogP contribution in [0.4, 0.5) is 5.69 Å². The van der Waals surface area contributed by atoms with Gasteiger partial charge in [-0.05, 0) is 50.2 Å². The molecule has 8 heteroatoms. The minimum atomic E-state index is -0.224. The first-order valence-corrected chi connectivity index (χ1v) is 10.5. The number of hydrogen-bond donors (Lipinski definition) is 1. The molecule has 160 valence electrons. The van der Waals surface area contributed by atoms with Gasteiger partial charge >= 0.3 is 0 Å². The molecule has 3 heterocycles. The molecule has 1 N–H and O–H groups in total. The van der Waals surface area contributed by atoms with Crippen molar-refractivity contribution in [1.82, 2.24) is 9.80 Å². The van der Waals surface area contributed by atoms with Gasteiger partial charge in [-0.15, -0.1) is 0 Å². The number of piperidine rings is 1. The van der Waals surface area contributed by atoms with Crippen molar-refractivity contribution in [2.45, 2.75) is 12.8 Å². The Hall–Kier alpha value is -3.39. The van der Waals surface area contributed by atoms with Crippen molar-refractivity contribution in [3.05, 3.63) is 53.6 Å². The second-order valence-corrected chi connectivity index (χ2v) is 7.98. The maximum absolute atomic E-state index is 12.7. The van der Waals surface area contributed by atoms with Gasteiger partial charge in [0.2, 0.25) is 12.7 Å². The fraction of sp³-hybridized carbons (Fsp3) is 0.348. The Kier molecular flexibility index (Phi) is 5.07. The Labute approximate surface area is 179 Å². The van der Waals surface area contributed by atoms with Crippen LogP contribution in [0.3, 0.4) is 0 Å². The lowest BCUT2D eigenvalue weighted by Gasteiger charge is -2.32. The molecule has 3 aliphatic heterocycles. The third-order valence-electron chi connectivity index (χ3n) is 6.12. The lowest BCUT2D eigenvalue weighted by atomic mass is 9.96. The molecule has 1 saturated heterocycles. The van der Waals surface area contributed by atoms with Gasteiger partial charge in [-0.2, -0.15) is 0 Å². The molecule has 2 aromatic rings. The summed E-state index contributed by atoms with van der Waals surface area (Å²) in [5, 5.41) is 2.96. The summed E-state index contributed by atoms with van der Waals surface area (Å²) < 4.78 is 10.6. The molecule has 0 saturated carbocycles. The van der Waals surface area contributed by atoms with E-state index in [1.165, 1.54) is 4.90 Å². The Morgan fingerprint density at radius 2 is 1.61 bits per heavy atom. The molecule has 5 rings (SSSR count). The van der Waals surface area contributed by atoms with E-state index < -0.39 is 0 Å². The van der Waals surface area contributed by atoms with Gasteiger partial charge in [-0.25, -0.2) is 0 Å². The first kappa shape index (κ1) is 19.6. The summed E-state index contributed by atoms with van der Waals surface area (Å²) in [6.07, 6.45) is 1.47. The van der Waals surface area contributed by atoms with Crippen molar-refractivity contribution in [3.63, 3.8) is 0 Å². The minimum absolute atomic E-state index is 0.00105. The van der Waals surface area contributed by atoms with E-state index in [-0.39, 0.29) is 30.4 Å². The molecule has 0 aromatic heterocycles. The van der Waals surface area contributed by atoms with Gasteiger partial charge in [0.05, 0.1) is 11.1 Å². The third-order valence-corrected chi connectivity index (χ3v) is 6.12. The number of rotatable bonds is 5. The van der Waals surface area contributed by atoms with Crippen LogP contribution in [0.1, 0.15) is 33.6 Å². The zero-order valence-corrected chi connectivity index (χ0v) is 17.0. The van der Waals surface area contributed by atoms with E-state index in [9.17, 15) is 14.4 Å². The Morgan fingerprint density at radius 3 is 2.32 bits per heavy atom. The first-order valence-electron chi connectivity index (χ1n) is 10.5. The van der Waals surface area contributed by atoms with Crippen molar-refractivity contribution in [3.8, 4) is 11.5 Å². The number of likely N-dealkylation sites (tertiary alicyclic amines) is 1. The molecule has 1 fully saturated rings. The molecule has 0 aliphatic carbocycles. The molecular weight excluding hydrogens is 398 g/mol. The zero-order chi connectivity index (χ0) is 21.4. The van der Waals surface area contributed by atoms with Crippen LogP contribution in [0.25, 0.3) is 0 Å². The second-order valence-electron chi connectivity index (χ2n) is 7.98. The highest BCUT2D eigenvalue weighted by Crippen LogP contribution is 2.34. The lowest BCUT2D eigenvalue weighted by Crippen LogP contribution is -2.43. The summed E-state index contributed by atoms with van der Waals surface area (Å²) in [6, 6.07) is 12.3. The number of fused-ring (bicyclic) bond motifs is 2. The molecule has 0 unspecified atom stereocenters. The average molecular weight is 421 g/mol. The molecule has 8 nitrogen and oxygen atoms in total. The van der Waals surface area contributed by atoms with Crippen LogP contribution in [0.15, 0.2) is 42.5 Å². The predicted molar refractivity (Wildman–Crippen MR) is 112 cm³/mol. The summed E-state index contributed by atoms with van der Waals surface area (Å²) >= 11 is 0. The topological polar surface area (TPSA) is 88.2 Å². The van der Waals surface area contributed by atoms with E-state index in [1.807, 2.05) is 6.07 Å². The number of carbonyl (C=O) groups is 3. The third kappa shape index (κ3) is 3.74. The first-order chi connectivity index (χ1) is 15.1. The summed E-state index contributed by atoms with van der Waals surface area (Å²) in [4.78, 5) is 41.1. The normalized spacial score (nSPS) is 18.4. The smallest absolute Gasteiger partial charge is 0.261 e. The van der Waals surface area contributed by atoms with Crippen molar-refractivity contribution in [2.24, 2.45) is 5.92 Å². The SMILES string of the molecule is O=C(Nc1ccc2c(c1)OCO2)C1CCN(CCN2C(=O)c3ccccc3C2=O)CC1. The van der Waals surface area contributed by atoms with Crippen LogP contribution in [-0.4, -0.2) is 60.5 Å². The van der Waals surface area contributed by atoms with Crippen molar-refractivity contribution < 1.29 is 23.9 Å². The van der Waals surface area contributed by atoms with E-state index >= 15 is 0 Å². The number of anilines is 1. The van der Waals surface area contributed by atoms with E-state index in [0.29, 0.717) is 41.4 Å². The van der Waals surface area contributed by atoms with Crippen LogP contribution in [0.5, 0.6) is 11.5 Å². The molecule has 0 atom stereocenters. The van der Waals surface area contributed by atoms with Gasteiger partial charge in [-0.3, -0.25) is 19.3 Å². The summed E-state index contributed by atoms with van der Waals surface area (Å²) in [6.45, 7) is 2.68. The Bertz CT molecular complexity index is 1010. The molecule has 3 amide bonds. The van der Waals surface area contributed by atoms with E-state index in [2.05, 4.69) is 10.2 Å². The van der Waals surface area contributed by atoms with Gasteiger partial charge < -0.3 is 19.7 Å². The van der Waals surface area contributed by atoms with Crippen molar-refractivity contribution in [2.75, 3.05) is 38.3 Å². The van der Waals surface area contributed by atoms with E-state index in [1.54, 1.807) is 36.4 Å². The minimum Gasteiger partial charge on any atom is -0.454 e. The number of hydrogen-bond acceptors (Lipinski definition) is 6. The number of benzene rings is 2. The number of imide groups is 1. The summed E-state index contributed by atoms with van der Waals surface area (Å²) in [7, 11) is 0.